The molecule has 0 aliphatic rings. The average Bonchev–Trinajstić information content (AvgIpc) is 2.39. The summed E-state index contributed by atoms with van der Waals surface area (Å²) in [5, 5.41) is 0. The molecule has 21 heavy (non-hydrogen) atoms. The van der Waals surface area contributed by atoms with Crippen molar-refractivity contribution in [1.29, 1.82) is 0 Å². The lowest BCUT2D eigenvalue weighted by molar-refractivity contribution is 0.171. The molecule has 0 saturated heterocycles. The largest absolute Gasteiger partial charge is 0.469 e. The van der Waals surface area contributed by atoms with Gasteiger partial charge in [-0.15, -0.1) is 0 Å². The predicted molar refractivity (Wildman–Crippen MR) is 87.3 cm³/mol. The van der Waals surface area contributed by atoms with Crippen molar-refractivity contribution in [3.8, 4) is 0 Å². The van der Waals surface area contributed by atoms with Crippen molar-refractivity contribution >= 4 is 7.82 Å². The molecule has 0 heterocycles. The van der Waals surface area contributed by atoms with E-state index in [9.17, 15) is 4.57 Å². The lowest BCUT2D eigenvalue weighted by Crippen LogP contribution is -2.24. The van der Waals surface area contributed by atoms with E-state index in [2.05, 4.69) is 16.3 Å². The number of rotatable bonds is 15. The van der Waals surface area contributed by atoms with Gasteiger partial charge in [0.25, 0.3) is 0 Å². The maximum absolute atomic E-state index is 10.5. The number of unbranched alkanes of at least 4 members (excludes halogenated alkanes) is 9. The molecule has 0 aromatic rings. The van der Waals surface area contributed by atoms with Crippen LogP contribution in [0.25, 0.3) is 0 Å². The van der Waals surface area contributed by atoms with Crippen molar-refractivity contribution in [3.63, 3.8) is 0 Å². The maximum Gasteiger partial charge on any atom is 0.469 e. The van der Waals surface area contributed by atoms with Crippen molar-refractivity contribution in [1.82, 2.24) is 4.90 Å². The highest BCUT2D eigenvalue weighted by molar-refractivity contribution is 7.46. The van der Waals surface area contributed by atoms with Crippen molar-refractivity contribution in [3.05, 3.63) is 0 Å². The Labute approximate surface area is 130 Å². The van der Waals surface area contributed by atoms with Gasteiger partial charge in [0.15, 0.2) is 0 Å². The highest BCUT2D eigenvalue weighted by atomic mass is 31.2. The van der Waals surface area contributed by atoms with Gasteiger partial charge in [0.2, 0.25) is 0 Å². The summed E-state index contributed by atoms with van der Waals surface area (Å²) in [5.41, 5.74) is 0. The molecule has 0 aromatic heterocycles. The average molecular weight is 323 g/mol. The molecule has 6 heteroatoms. The minimum Gasteiger partial charge on any atom is -0.304 e. The zero-order chi connectivity index (χ0) is 16.0. The van der Waals surface area contributed by atoms with Gasteiger partial charge < -0.3 is 14.7 Å². The molecule has 0 saturated carbocycles. The van der Waals surface area contributed by atoms with E-state index in [1.165, 1.54) is 57.8 Å². The summed E-state index contributed by atoms with van der Waals surface area (Å²) < 4.78 is 14.9. The molecule has 0 spiro atoms. The van der Waals surface area contributed by atoms with Crippen molar-refractivity contribution in [2.24, 2.45) is 0 Å². The van der Waals surface area contributed by atoms with Crippen LogP contribution < -0.4 is 0 Å². The summed E-state index contributed by atoms with van der Waals surface area (Å²) in [6.45, 7) is 3.84. The topological polar surface area (TPSA) is 70.0 Å². The second kappa shape index (κ2) is 13.7. The highest BCUT2D eigenvalue weighted by Gasteiger charge is 2.13. The third-order valence-electron chi connectivity index (χ3n) is 3.63. The number of likely N-dealkylation sites (N-methyl/N-ethyl adjacent to an activating group) is 1. The fourth-order valence-corrected chi connectivity index (χ4v) is 2.62. The summed E-state index contributed by atoms with van der Waals surface area (Å²) in [6, 6.07) is 0. The van der Waals surface area contributed by atoms with Crippen LogP contribution in [0.2, 0.25) is 0 Å². The van der Waals surface area contributed by atoms with Crippen molar-refractivity contribution < 1.29 is 18.9 Å². The molecule has 0 bridgehead atoms. The van der Waals surface area contributed by atoms with Crippen molar-refractivity contribution in [2.45, 2.75) is 71.1 Å². The van der Waals surface area contributed by atoms with Gasteiger partial charge in [0.1, 0.15) is 0 Å². The zero-order valence-electron chi connectivity index (χ0n) is 13.8. The standard InChI is InChI=1S/C15H34NO4P/c1-3-4-5-6-7-8-9-10-11-12-13-16(2)14-15-20-21(17,18)19/h3-15H2,1-2H3,(H2,17,18,19). The van der Waals surface area contributed by atoms with Crippen LogP contribution in [0.4, 0.5) is 0 Å². The Balaban J connectivity index is 3.21. The van der Waals surface area contributed by atoms with E-state index in [1.54, 1.807) is 0 Å². The molecule has 128 valence electrons. The van der Waals surface area contributed by atoms with Crippen LogP contribution in [0.5, 0.6) is 0 Å². The summed E-state index contributed by atoms with van der Waals surface area (Å²) >= 11 is 0. The maximum atomic E-state index is 10.5. The van der Waals surface area contributed by atoms with Gasteiger partial charge in [0, 0.05) is 6.54 Å². The molecule has 0 aliphatic heterocycles. The predicted octanol–water partition coefficient (Wildman–Crippen LogP) is 3.95. The van der Waals surface area contributed by atoms with Gasteiger partial charge in [0.05, 0.1) is 6.61 Å². The lowest BCUT2D eigenvalue weighted by atomic mass is 10.1. The van der Waals surface area contributed by atoms with E-state index >= 15 is 0 Å². The number of hydrogen-bond acceptors (Lipinski definition) is 3. The third kappa shape index (κ3) is 18.0. The molecule has 0 unspecified atom stereocenters. The molecule has 0 radical (unpaired) electrons. The van der Waals surface area contributed by atoms with Crippen LogP contribution in [0.1, 0.15) is 71.1 Å². The van der Waals surface area contributed by atoms with Crippen LogP contribution in [-0.4, -0.2) is 41.4 Å². The van der Waals surface area contributed by atoms with Crippen LogP contribution in [0.3, 0.4) is 0 Å². The van der Waals surface area contributed by atoms with Crippen LogP contribution in [-0.2, 0) is 9.09 Å². The molecule has 5 nitrogen and oxygen atoms in total. The summed E-state index contributed by atoms with van der Waals surface area (Å²) in [4.78, 5) is 19.2. The molecule has 0 amide bonds. The lowest BCUT2D eigenvalue weighted by Gasteiger charge is -2.16. The van der Waals surface area contributed by atoms with Crippen LogP contribution >= 0.6 is 7.82 Å². The summed E-state index contributed by atoms with van der Waals surface area (Å²) in [7, 11) is -2.35. The summed E-state index contributed by atoms with van der Waals surface area (Å²) in [6.07, 6.45) is 13.2. The number of phosphoric ester groups is 1. The van der Waals surface area contributed by atoms with E-state index in [-0.39, 0.29) is 6.61 Å². The fraction of sp³-hybridized carbons (Fsp3) is 1.00. The molecular weight excluding hydrogens is 289 g/mol. The van der Waals surface area contributed by atoms with Crippen LogP contribution in [0.15, 0.2) is 0 Å². The minimum absolute atomic E-state index is 0.0819. The Kier molecular flexibility index (Phi) is 13.8. The summed E-state index contributed by atoms with van der Waals surface area (Å²) in [5.74, 6) is 0. The Bertz CT molecular complexity index is 270. The Morgan fingerprint density at radius 2 is 1.33 bits per heavy atom. The molecule has 2 N–H and O–H groups in total. The fourth-order valence-electron chi connectivity index (χ4n) is 2.30. The van der Waals surface area contributed by atoms with E-state index < -0.39 is 7.82 Å². The highest BCUT2D eigenvalue weighted by Crippen LogP contribution is 2.35. The van der Waals surface area contributed by atoms with Gasteiger partial charge in [-0.3, -0.25) is 4.52 Å². The van der Waals surface area contributed by atoms with Crippen LogP contribution in [0, 0.1) is 0 Å². The molecular formula is C15H34NO4P. The number of hydrogen-bond donors (Lipinski definition) is 2. The number of phosphoric acid groups is 1. The van der Waals surface area contributed by atoms with Gasteiger partial charge in [-0.05, 0) is 20.0 Å². The second-order valence-electron chi connectivity index (χ2n) is 5.81. The monoisotopic (exact) mass is 323 g/mol. The molecule has 0 fully saturated rings. The first-order chi connectivity index (χ1) is 9.95. The zero-order valence-corrected chi connectivity index (χ0v) is 14.7. The molecule has 0 atom stereocenters. The Hall–Kier alpha value is 0.0700. The van der Waals surface area contributed by atoms with Gasteiger partial charge in [-0.1, -0.05) is 64.7 Å². The van der Waals surface area contributed by atoms with Gasteiger partial charge in [-0.25, -0.2) is 4.57 Å². The first-order valence-electron chi connectivity index (χ1n) is 8.34. The second-order valence-corrected chi connectivity index (χ2v) is 7.05. The normalized spacial score (nSPS) is 12.2. The van der Waals surface area contributed by atoms with Gasteiger partial charge in [-0.2, -0.15) is 0 Å². The molecule has 0 aromatic carbocycles. The Morgan fingerprint density at radius 1 is 0.857 bits per heavy atom. The van der Waals surface area contributed by atoms with Crippen molar-refractivity contribution in [2.75, 3.05) is 26.7 Å². The van der Waals surface area contributed by atoms with E-state index in [0.717, 1.165) is 13.0 Å². The SMILES string of the molecule is CCCCCCCCCCCCN(C)CCOP(=O)(O)O. The van der Waals surface area contributed by atoms with E-state index in [4.69, 9.17) is 9.79 Å². The van der Waals surface area contributed by atoms with E-state index in [0.29, 0.717) is 6.54 Å². The minimum atomic E-state index is -4.30. The Morgan fingerprint density at radius 3 is 1.81 bits per heavy atom. The third-order valence-corrected chi connectivity index (χ3v) is 4.14. The first-order valence-corrected chi connectivity index (χ1v) is 9.87. The van der Waals surface area contributed by atoms with E-state index in [1.807, 2.05) is 7.05 Å². The molecule has 0 rings (SSSR count). The molecule has 0 aliphatic carbocycles. The first kappa shape index (κ1) is 21.1. The van der Waals surface area contributed by atoms with Gasteiger partial charge >= 0.3 is 7.82 Å². The quantitative estimate of drug-likeness (QED) is 0.353. The number of nitrogens with zero attached hydrogens (tertiary/aromatic N) is 1. The smallest absolute Gasteiger partial charge is 0.304 e.